The van der Waals surface area contributed by atoms with E-state index in [1.165, 1.54) is 31.9 Å². The van der Waals surface area contributed by atoms with E-state index < -0.39 is 0 Å². The Morgan fingerprint density at radius 2 is 2.00 bits per heavy atom. The van der Waals surface area contributed by atoms with Crippen LogP contribution in [-0.2, 0) is 4.79 Å². The van der Waals surface area contributed by atoms with Crippen LogP contribution in [0.1, 0.15) is 62.2 Å². The molecule has 0 radical (unpaired) electrons. The lowest BCUT2D eigenvalue weighted by Crippen LogP contribution is -2.35. The molecule has 1 aromatic heterocycles. The third-order valence-corrected chi connectivity index (χ3v) is 3.91. The van der Waals surface area contributed by atoms with Gasteiger partial charge in [0.1, 0.15) is 0 Å². The van der Waals surface area contributed by atoms with Gasteiger partial charge in [-0.3, -0.25) is 14.6 Å². The number of hydrogen-bond donors (Lipinski definition) is 2. The number of pyridine rings is 1. The molecule has 2 rings (SSSR count). The summed E-state index contributed by atoms with van der Waals surface area (Å²) in [5, 5.41) is 7.05. The van der Waals surface area contributed by atoms with Gasteiger partial charge in [0.2, 0.25) is 5.91 Å². The van der Waals surface area contributed by atoms with Gasteiger partial charge in [-0.1, -0.05) is 25.7 Å². The lowest BCUT2D eigenvalue weighted by atomic mass is 10.1. The van der Waals surface area contributed by atoms with E-state index in [9.17, 15) is 9.59 Å². The van der Waals surface area contributed by atoms with Gasteiger partial charge in [0.15, 0.2) is 0 Å². The van der Waals surface area contributed by atoms with E-state index in [0.717, 1.165) is 12.8 Å². The van der Waals surface area contributed by atoms with Crippen molar-refractivity contribution in [3.8, 4) is 0 Å². The Labute approximate surface area is 136 Å². The van der Waals surface area contributed by atoms with Crippen molar-refractivity contribution in [3.63, 3.8) is 0 Å². The first-order chi connectivity index (χ1) is 11.1. The van der Waals surface area contributed by atoms with E-state index in [1.807, 2.05) is 0 Å². The maximum absolute atomic E-state index is 12.0. The van der Waals surface area contributed by atoms with E-state index in [-0.39, 0.29) is 24.3 Å². The summed E-state index contributed by atoms with van der Waals surface area (Å²) in [4.78, 5) is 27.7. The van der Waals surface area contributed by atoms with Crippen LogP contribution in [0.4, 0.5) is 0 Å². The van der Waals surface area contributed by atoms with Gasteiger partial charge in [0.05, 0.1) is 12.0 Å². The first-order valence-corrected chi connectivity index (χ1v) is 8.18. The number of amides is 2. The van der Waals surface area contributed by atoms with Crippen LogP contribution in [0.5, 0.6) is 0 Å². The lowest BCUT2D eigenvalue weighted by Gasteiger charge is -2.16. The highest BCUT2D eigenvalue weighted by Gasteiger charge is 2.15. The molecule has 6 nitrogen and oxygen atoms in total. The summed E-state index contributed by atoms with van der Waals surface area (Å²) >= 11 is 0. The second-order valence-electron chi connectivity index (χ2n) is 5.96. The second-order valence-corrected chi connectivity index (χ2v) is 5.96. The first-order valence-electron chi connectivity index (χ1n) is 8.18. The molecule has 1 heterocycles. The van der Waals surface area contributed by atoms with E-state index in [0.29, 0.717) is 11.3 Å². The number of aromatic nitrogens is 1. The molecule has 0 aliphatic heterocycles. The molecule has 0 spiro atoms. The fourth-order valence-corrected chi connectivity index (χ4v) is 2.68. The first kappa shape index (κ1) is 17.1. The predicted molar refractivity (Wildman–Crippen MR) is 89.1 cm³/mol. The molecule has 2 N–H and O–H groups in total. The average molecular weight is 316 g/mol. The Balaban J connectivity index is 1.77. The number of hydrogen-bond acceptors (Lipinski definition) is 4. The van der Waals surface area contributed by atoms with Crippen LogP contribution in [0.15, 0.2) is 29.6 Å². The summed E-state index contributed by atoms with van der Waals surface area (Å²) in [6.07, 6.45) is 10.3. The molecule has 2 amide bonds. The molecule has 0 saturated heterocycles. The summed E-state index contributed by atoms with van der Waals surface area (Å²) < 4.78 is 0. The van der Waals surface area contributed by atoms with Crippen molar-refractivity contribution in [1.82, 2.24) is 15.7 Å². The monoisotopic (exact) mass is 316 g/mol. The zero-order valence-electron chi connectivity index (χ0n) is 13.5. The Hall–Kier alpha value is -2.24. The van der Waals surface area contributed by atoms with Crippen molar-refractivity contribution in [1.29, 1.82) is 0 Å². The molecule has 23 heavy (non-hydrogen) atoms. The summed E-state index contributed by atoms with van der Waals surface area (Å²) in [6, 6.07) is 3.63. The Morgan fingerprint density at radius 3 is 2.65 bits per heavy atom. The Bertz CT molecular complexity index is 549. The van der Waals surface area contributed by atoms with Crippen molar-refractivity contribution in [3.05, 3.63) is 30.1 Å². The molecule has 0 unspecified atom stereocenters. The van der Waals surface area contributed by atoms with Gasteiger partial charge in [-0.15, -0.1) is 0 Å². The van der Waals surface area contributed by atoms with Crippen molar-refractivity contribution in [2.24, 2.45) is 5.10 Å². The van der Waals surface area contributed by atoms with E-state index in [1.54, 1.807) is 25.3 Å². The van der Waals surface area contributed by atoms with Gasteiger partial charge in [-0.25, -0.2) is 5.43 Å². The fraction of sp³-hybridized carbons (Fsp3) is 0.529. The van der Waals surface area contributed by atoms with Gasteiger partial charge >= 0.3 is 0 Å². The van der Waals surface area contributed by atoms with Crippen LogP contribution in [-0.4, -0.2) is 28.6 Å². The van der Waals surface area contributed by atoms with Gasteiger partial charge < -0.3 is 5.32 Å². The van der Waals surface area contributed by atoms with Gasteiger partial charge in [0, 0.05) is 24.1 Å². The molecule has 124 valence electrons. The van der Waals surface area contributed by atoms with Gasteiger partial charge in [-0.05, 0) is 31.9 Å². The third kappa shape index (κ3) is 6.18. The van der Waals surface area contributed by atoms with Crippen LogP contribution in [0.3, 0.4) is 0 Å². The number of rotatable bonds is 5. The minimum absolute atomic E-state index is 0.0335. The summed E-state index contributed by atoms with van der Waals surface area (Å²) in [7, 11) is 0. The second kappa shape index (κ2) is 9.02. The zero-order valence-corrected chi connectivity index (χ0v) is 13.5. The zero-order chi connectivity index (χ0) is 16.5. The summed E-state index contributed by atoms with van der Waals surface area (Å²) in [6.45, 7) is 1.73. The van der Waals surface area contributed by atoms with Crippen LogP contribution in [0.2, 0.25) is 0 Å². The highest BCUT2D eigenvalue weighted by atomic mass is 16.2. The quantitative estimate of drug-likeness (QED) is 0.497. The number of carbonyl (C=O) groups excluding carboxylic acids is 2. The van der Waals surface area contributed by atoms with Crippen molar-refractivity contribution in [2.45, 2.75) is 57.9 Å². The molecular weight excluding hydrogens is 292 g/mol. The predicted octanol–water partition coefficient (Wildman–Crippen LogP) is 2.42. The molecule has 1 fully saturated rings. The number of carbonyl (C=O) groups is 2. The lowest BCUT2D eigenvalue weighted by molar-refractivity contribution is -0.120. The van der Waals surface area contributed by atoms with Crippen LogP contribution < -0.4 is 10.7 Å². The largest absolute Gasteiger partial charge is 0.353 e. The van der Waals surface area contributed by atoms with E-state index in [4.69, 9.17) is 0 Å². The van der Waals surface area contributed by atoms with Crippen molar-refractivity contribution < 1.29 is 9.59 Å². The smallest absolute Gasteiger partial charge is 0.272 e. The maximum Gasteiger partial charge on any atom is 0.272 e. The SMILES string of the molecule is C/C(CC(=O)NC1CCCCCC1)=N\NC(=O)c1cccnc1. The van der Waals surface area contributed by atoms with Gasteiger partial charge in [0.25, 0.3) is 5.91 Å². The maximum atomic E-state index is 12.0. The molecule has 0 aromatic carbocycles. The average Bonchev–Trinajstić information content (AvgIpc) is 2.82. The topological polar surface area (TPSA) is 83.5 Å². The highest BCUT2D eigenvalue weighted by Crippen LogP contribution is 2.17. The molecular formula is C17H24N4O2. The summed E-state index contributed by atoms with van der Waals surface area (Å²) in [5.41, 5.74) is 3.46. The van der Waals surface area contributed by atoms with Crippen molar-refractivity contribution >= 4 is 17.5 Å². The van der Waals surface area contributed by atoms with E-state index in [2.05, 4.69) is 20.8 Å². The van der Waals surface area contributed by atoms with Crippen LogP contribution >= 0.6 is 0 Å². The van der Waals surface area contributed by atoms with Crippen molar-refractivity contribution in [2.75, 3.05) is 0 Å². The third-order valence-electron chi connectivity index (χ3n) is 3.91. The molecule has 1 aromatic rings. The normalized spacial score (nSPS) is 16.5. The molecule has 6 heteroatoms. The van der Waals surface area contributed by atoms with Crippen LogP contribution in [0.25, 0.3) is 0 Å². The van der Waals surface area contributed by atoms with E-state index >= 15 is 0 Å². The molecule has 0 atom stereocenters. The number of nitrogens with zero attached hydrogens (tertiary/aromatic N) is 2. The number of nitrogens with one attached hydrogen (secondary N) is 2. The number of hydrazone groups is 1. The minimum Gasteiger partial charge on any atom is -0.353 e. The van der Waals surface area contributed by atoms with Crippen LogP contribution in [0, 0.1) is 0 Å². The minimum atomic E-state index is -0.332. The molecule has 1 aliphatic rings. The molecule has 1 aliphatic carbocycles. The highest BCUT2D eigenvalue weighted by molar-refractivity contribution is 6.01. The Kier molecular flexibility index (Phi) is 6.72. The molecule has 0 bridgehead atoms. The summed E-state index contributed by atoms with van der Waals surface area (Å²) in [5.74, 6) is -0.365. The Morgan fingerprint density at radius 1 is 1.26 bits per heavy atom. The van der Waals surface area contributed by atoms with Gasteiger partial charge in [-0.2, -0.15) is 5.10 Å². The molecule has 1 saturated carbocycles. The fourth-order valence-electron chi connectivity index (χ4n) is 2.68. The standard InChI is InChI=1S/C17H24N4O2/c1-13(20-21-17(23)14-7-6-10-18-12-14)11-16(22)19-15-8-4-2-3-5-9-15/h6-7,10,12,15H,2-5,8-9,11H2,1H3,(H,19,22)(H,21,23)/b20-13+.